The van der Waals surface area contributed by atoms with Crippen molar-refractivity contribution in [2.45, 2.75) is 0 Å². The van der Waals surface area contributed by atoms with Gasteiger partial charge in [0.15, 0.2) is 0 Å². The van der Waals surface area contributed by atoms with Crippen LogP contribution in [0.1, 0.15) is 5.56 Å². The summed E-state index contributed by atoms with van der Waals surface area (Å²) < 4.78 is 5.60. The Hall–Kier alpha value is -2.89. The lowest BCUT2D eigenvalue weighted by molar-refractivity contribution is -0.384. The fourth-order valence-electron chi connectivity index (χ4n) is 2.12. The Morgan fingerprint density at radius 1 is 1.21 bits per heavy atom. The number of hydrazone groups is 1. The van der Waals surface area contributed by atoms with Crippen LogP contribution in [0.25, 0.3) is 21.9 Å². The number of nitro benzene ring substituents is 1. The van der Waals surface area contributed by atoms with Crippen molar-refractivity contribution in [3.63, 3.8) is 0 Å². The molecule has 0 spiro atoms. The van der Waals surface area contributed by atoms with Crippen molar-refractivity contribution in [3.05, 3.63) is 52.1 Å². The van der Waals surface area contributed by atoms with E-state index in [0.717, 1.165) is 10.8 Å². The Labute approximate surface area is 107 Å². The largest absolute Gasteiger partial charge is 0.456 e. The molecule has 0 atom stereocenters. The lowest BCUT2D eigenvalue weighted by Crippen LogP contribution is -1.95. The SMILES string of the molecule is N/N=C/c1cc2c(cc1[N+](=O)[O-])oc1ccccc12. The smallest absolute Gasteiger partial charge is 0.281 e. The molecule has 6 heteroatoms. The molecule has 0 amide bonds. The summed E-state index contributed by atoms with van der Waals surface area (Å²) in [5, 5.41) is 16.1. The van der Waals surface area contributed by atoms with E-state index < -0.39 is 4.92 Å². The van der Waals surface area contributed by atoms with Crippen LogP contribution in [0.5, 0.6) is 0 Å². The monoisotopic (exact) mass is 255 g/mol. The number of rotatable bonds is 2. The average Bonchev–Trinajstić information content (AvgIpc) is 2.76. The zero-order valence-corrected chi connectivity index (χ0v) is 9.74. The third-order valence-corrected chi connectivity index (χ3v) is 2.94. The van der Waals surface area contributed by atoms with Gasteiger partial charge in [0.05, 0.1) is 22.8 Å². The van der Waals surface area contributed by atoms with Crippen LogP contribution in [0.3, 0.4) is 0 Å². The normalized spacial score (nSPS) is 11.6. The molecule has 2 N–H and O–H groups in total. The average molecular weight is 255 g/mol. The van der Waals surface area contributed by atoms with Gasteiger partial charge in [-0.05, 0) is 12.1 Å². The van der Waals surface area contributed by atoms with Gasteiger partial charge in [-0.15, -0.1) is 0 Å². The lowest BCUT2D eigenvalue weighted by atomic mass is 10.1. The molecule has 0 saturated heterocycles. The van der Waals surface area contributed by atoms with Gasteiger partial charge in [0, 0.05) is 10.8 Å². The molecular formula is C13H9N3O3. The molecule has 3 aromatic rings. The highest BCUT2D eigenvalue weighted by molar-refractivity contribution is 6.08. The molecule has 0 radical (unpaired) electrons. The molecular weight excluding hydrogens is 246 g/mol. The maximum atomic E-state index is 11.0. The van der Waals surface area contributed by atoms with E-state index in [0.29, 0.717) is 16.7 Å². The van der Waals surface area contributed by atoms with Crippen LogP contribution in [0.2, 0.25) is 0 Å². The number of hydrogen-bond donors (Lipinski definition) is 1. The van der Waals surface area contributed by atoms with Crippen LogP contribution in [-0.2, 0) is 0 Å². The third kappa shape index (κ3) is 1.70. The summed E-state index contributed by atoms with van der Waals surface area (Å²) in [6.45, 7) is 0. The minimum absolute atomic E-state index is 0.0826. The summed E-state index contributed by atoms with van der Waals surface area (Å²) >= 11 is 0. The molecule has 0 unspecified atom stereocenters. The summed E-state index contributed by atoms with van der Waals surface area (Å²) in [6.07, 6.45) is 1.26. The van der Waals surface area contributed by atoms with Crippen molar-refractivity contribution in [2.24, 2.45) is 10.9 Å². The van der Waals surface area contributed by atoms with E-state index in [2.05, 4.69) is 5.10 Å². The lowest BCUT2D eigenvalue weighted by Gasteiger charge is -1.97. The van der Waals surface area contributed by atoms with Crippen molar-refractivity contribution in [2.75, 3.05) is 0 Å². The molecule has 0 aliphatic carbocycles. The maximum absolute atomic E-state index is 11.0. The zero-order valence-electron chi connectivity index (χ0n) is 9.74. The molecule has 94 valence electrons. The fourth-order valence-corrected chi connectivity index (χ4v) is 2.12. The number of nitrogens with two attached hydrogens (primary N) is 1. The highest BCUT2D eigenvalue weighted by Crippen LogP contribution is 2.32. The Balaban J connectivity index is 2.42. The first kappa shape index (κ1) is 11.2. The molecule has 0 aliphatic rings. The Morgan fingerprint density at radius 3 is 2.74 bits per heavy atom. The van der Waals surface area contributed by atoms with Crippen LogP contribution in [-0.4, -0.2) is 11.1 Å². The zero-order chi connectivity index (χ0) is 13.4. The Kier molecular flexibility index (Phi) is 2.42. The number of nitrogens with zero attached hydrogens (tertiary/aromatic N) is 2. The van der Waals surface area contributed by atoms with E-state index in [1.807, 2.05) is 24.3 Å². The van der Waals surface area contributed by atoms with E-state index in [9.17, 15) is 10.1 Å². The van der Waals surface area contributed by atoms with Gasteiger partial charge in [0.1, 0.15) is 11.2 Å². The van der Waals surface area contributed by atoms with E-state index in [1.54, 1.807) is 6.07 Å². The predicted molar refractivity (Wildman–Crippen MR) is 72.2 cm³/mol. The maximum Gasteiger partial charge on any atom is 0.281 e. The van der Waals surface area contributed by atoms with Gasteiger partial charge in [-0.25, -0.2) is 0 Å². The molecule has 0 saturated carbocycles. The second kappa shape index (κ2) is 4.09. The molecule has 0 fully saturated rings. The van der Waals surface area contributed by atoms with Gasteiger partial charge in [-0.2, -0.15) is 5.10 Å². The van der Waals surface area contributed by atoms with Crippen LogP contribution in [0.4, 0.5) is 5.69 Å². The first-order valence-electron chi connectivity index (χ1n) is 5.53. The van der Waals surface area contributed by atoms with Gasteiger partial charge in [-0.3, -0.25) is 10.1 Å². The quantitative estimate of drug-likeness (QED) is 0.329. The van der Waals surface area contributed by atoms with Crippen molar-refractivity contribution in [1.29, 1.82) is 0 Å². The number of benzene rings is 2. The molecule has 1 aromatic heterocycles. The van der Waals surface area contributed by atoms with Crippen molar-refractivity contribution >= 4 is 33.8 Å². The summed E-state index contributed by atoms with van der Waals surface area (Å²) in [5.41, 5.74) is 1.43. The van der Waals surface area contributed by atoms with Gasteiger partial charge in [-0.1, -0.05) is 18.2 Å². The van der Waals surface area contributed by atoms with Crippen molar-refractivity contribution in [1.82, 2.24) is 0 Å². The predicted octanol–water partition coefficient (Wildman–Crippen LogP) is 2.79. The van der Waals surface area contributed by atoms with E-state index >= 15 is 0 Å². The number of furan rings is 1. The Bertz CT molecular complexity index is 820. The van der Waals surface area contributed by atoms with E-state index in [1.165, 1.54) is 12.3 Å². The first-order valence-corrected chi connectivity index (χ1v) is 5.53. The van der Waals surface area contributed by atoms with E-state index in [4.69, 9.17) is 10.3 Å². The topological polar surface area (TPSA) is 94.7 Å². The summed E-state index contributed by atoms with van der Waals surface area (Å²) in [6, 6.07) is 10.5. The standard InChI is InChI=1S/C13H9N3O3/c14-15-7-8-5-10-9-3-1-2-4-12(9)19-13(10)6-11(8)16(17)18/h1-7H,14H2/b15-7+. The molecule has 19 heavy (non-hydrogen) atoms. The molecule has 2 aromatic carbocycles. The minimum Gasteiger partial charge on any atom is -0.456 e. The van der Waals surface area contributed by atoms with Crippen molar-refractivity contribution < 1.29 is 9.34 Å². The second-order valence-corrected chi connectivity index (χ2v) is 4.04. The van der Waals surface area contributed by atoms with Crippen LogP contribution in [0.15, 0.2) is 45.9 Å². The first-order chi connectivity index (χ1) is 9.20. The molecule has 0 bridgehead atoms. The highest BCUT2D eigenvalue weighted by atomic mass is 16.6. The summed E-state index contributed by atoms with van der Waals surface area (Å²) in [7, 11) is 0. The van der Waals surface area contributed by atoms with Gasteiger partial charge < -0.3 is 10.3 Å². The summed E-state index contributed by atoms with van der Waals surface area (Å²) in [4.78, 5) is 10.5. The van der Waals surface area contributed by atoms with Crippen LogP contribution >= 0.6 is 0 Å². The van der Waals surface area contributed by atoms with Gasteiger partial charge in [0.2, 0.25) is 0 Å². The second-order valence-electron chi connectivity index (χ2n) is 4.04. The fraction of sp³-hybridized carbons (Fsp3) is 0. The van der Waals surface area contributed by atoms with E-state index in [-0.39, 0.29) is 5.69 Å². The molecule has 0 aliphatic heterocycles. The van der Waals surface area contributed by atoms with Crippen LogP contribution < -0.4 is 5.84 Å². The van der Waals surface area contributed by atoms with Gasteiger partial charge >= 0.3 is 0 Å². The van der Waals surface area contributed by atoms with Crippen molar-refractivity contribution in [3.8, 4) is 0 Å². The summed E-state index contributed by atoms with van der Waals surface area (Å²) in [5.74, 6) is 5.09. The Morgan fingerprint density at radius 2 is 2.00 bits per heavy atom. The van der Waals surface area contributed by atoms with Gasteiger partial charge in [0.25, 0.3) is 5.69 Å². The molecule has 3 rings (SSSR count). The number of fused-ring (bicyclic) bond motifs is 3. The van der Waals surface area contributed by atoms with Crippen LogP contribution in [0, 0.1) is 10.1 Å². The molecule has 1 heterocycles. The molecule has 6 nitrogen and oxygen atoms in total. The number of hydrogen-bond acceptors (Lipinski definition) is 5. The third-order valence-electron chi connectivity index (χ3n) is 2.94. The number of nitro groups is 1. The highest BCUT2D eigenvalue weighted by Gasteiger charge is 2.17. The minimum atomic E-state index is -0.483. The number of para-hydroxylation sites is 1.